The minimum Gasteiger partial charge on any atom is -0.511 e. The van der Waals surface area contributed by atoms with Crippen molar-refractivity contribution in [1.29, 1.82) is 0 Å². The van der Waals surface area contributed by atoms with Gasteiger partial charge in [-0.15, -0.1) is 0 Å². The fourth-order valence-corrected chi connectivity index (χ4v) is 0.497. The second kappa shape index (κ2) is 4.52. The zero-order valence-electron chi connectivity index (χ0n) is 6.00. The third-order valence-corrected chi connectivity index (χ3v) is 1.70. The van der Waals surface area contributed by atoms with Gasteiger partial charge in [0.05, 0.1) is 10.6 Å². The van der Waals surface area contributed by atoms with E-state index in [-0.39, 0.29) is 5.76 Å². The summed E-state index contributed by atoms with van der Waals surface area (Å²) >= 11 is 3.10. The summed E-state index contributed by atoms with van der Waals surface area (Å²) in [4.78, 5) is 0. The number of halogens is 1. The van der Waals surface area contributed by atoms with Crippen LogP contribution in [0, 0.1) is 0 Å². The molecule has 0 aliphatic carbocycles. The summed E-state index contributed by atoms with van der Waals surface area (Å²) in [5, 5.41) is 17.6. The average molecular weight is 207 g/mol. The van der Waals surface area contributed by atoms with Crippen molar-refractivity contribution in [1.82, 2.24) is 0 Å². The summed E-state index contributed by atoms with van der Waals surface area (Å²) in [6, 6.07) is 0. The van der Waals surface area contributed by atoms with E-state index in [4.69, 9.17) is 10.2 Å². The number of aliphatic hydroxyl groups is 2. The molecule has 0 aliphatic heterocycles. The maximum Gasteiger partial charge on any atom is 0.103 e. The molecule has 10 heavy (non-hydrogen) atoms. The van der Waals surface area contributed by atoms with Crippen molar-refractivity contribution in [3.05, 3.63) is 22.4 Å². The molecule has 0 aromatic heterocycles. The van der Waals surface area contributed by atoms with Gasteiger partial charge >= 0.3 is 0 Å². The molecule has 2 nitrogen and oxygen atoms in total. The van der Waals surface area contributed by atoms with E-state index in [0.717, 1.165) is 0 Å². The molecule has 0 saturated heterocycles. The summed E-state index contributed by atoms with van der Waals surface area (Å²) in [6.45, 7) is 3.21. The van der Waals surface area contributed by atoms with Crippen LogP contribution in [0.25, 0.3) is 0 Å². The molecule has 0 aromatic rings. The Morgan fingerprint density at radius 2 is 2.10 bits per heavy atom. The van der Waals surface area contributed by atoms with E-state index in [1.165, 1.54) is 0 Å². The first kappa shape index (κ1) is 9.72. The smallest absolute Gasteiger partial charge is 0.103 e. The van der Waals surface area contributed by atoms with Gasteiger partial charge in [-0.2, -0.15) is 0 Å². The van der Waals surface area contributed by atoms with Gasteiger partial charge < -0.3 is 10.2 Å². The Morgan fingerprint density at radius 1 is 1.60 bits per heavy atom. The summed E-state index contributed by atoms with van der Waals surface area (Å²) in [6.07, 6.45) is 2.70. The van der Waals surface area contributed by atoms with E-state index in [1.54, 1.807) is 26.0 Å². The van der Waals surface area contributed by atoms with Crippen molar-refractivity contribution in [2.24, 2.45) is 0 Å². The molecule has 0 heterocycles. The Morgan fingerprint density at radius 3 is 2.40 bits per heavy atom. The molecular formula is C7H11BrO2. The van der Waals surface area contributed by atoms with Gasteiger partial charge in [-0.05, 0) is 35.9 Å². The second-order valence-corrected chi connectivity index (χ2v) is 2.89. The van der Waals surface area contributed by atoms with Crippen molar-refractivity contribution in [3.8, 4) is 0 Å². The predicted octanol–water partition coefficient (Wildman–Crippen LogP) is 2.11. The third kappa shape index (κ3) is 4.58. The Kier molecular flexibility index (Phi) is 4.40. The first-order valence-corrected chi connectivity index (χ1v) is 3.75. The highest BCUT2D eigenvalue weighted by molar-refractivity contribution is 9.11. The fraction of sp³-hybridized carbons (Fsp3) is 0.429. The van der Waals surface area contributed by atoms with Gasteiger partial charge in [0.1, 0.15) is 5.76 Å². The number of hydrogen-bond acceptors (Lipinski definition) is 2. The molecule has 0 rings (SSSR count). The van der Waals surface area contributed by atoms with Gasteiger partial charge in [0.2, 0.25) is 0 Å². The van der Waals surface area contributed by atoms with Gasteiger partial charge in [0.25, 0.3) is 0 Å². The topological polar surface area (TPSA) is 40.5 Å². The molecule has 0 radical (unpaired) electrons. The Balaban J connectivity index is 4.03. The predicted molar refractivity (Wildman–Crippen MR) is 45.1 cm³/mol. The number of hydrogen-bond donors (Lipinski definition) is 2. The molecule has 0 fully saturated rings. The van der Waals surface area contributed by atoms with Crippen LogP contribution in [0.4, 0.5) is 0 Å². The summed E-state index contributed by atoms with van der Waals surface area (Å²) < 4.78 is 0.591. The van der Waals surface area contributed by atoms with Crippen LogP contribution in [0.5, 0.6) is 0 Å². The number of rotatable bonds is 2. The van der Waals surface area contributed by atoms with Crippen LogP contribution in [0.1, 0.15) is 13.8 Å². The highest BCUT2D eigenvalue weighted by Crippen LogP contribution is 2.10. The Bertz CT molecular complexity index is 155. The lowest BCUT2D eigenvalue weighted by atomic mass is 10.3. The third-order valence-electron chi connectivity index (χ3n) is 0.867. The molecule has 0 aliphatic rings. The van der Waals surface area contributed by atoms with E-state index in [9.17, 15) is 0 Å². The summed E-state index contributed by atoms with van der Waals surface area (Å²) in [5.41, 5.74) is 0. The molecule has 0 unspecified atom stereocenters. The van der Waals surface area contributed by atoms with Crippen LogP contribution in [0.2, 0.25) is 0 Å². The lowest BCUT2D eigenvalue weighted by Crippen LogP contribution is -1.91. The SMILES string of the molecule is C/C(O)=C(Br)\C=C/[C@@H](C)O. The van der Waals surface area contributed by atoms with Gasteiger partial charge in [-0.25, -0.2) is 0 Å². The van der Waals surface area contributed by atoms with Gasteiger partial charge in [0, 0.05) is 0 Å². The molecule has 1 atom stereocenters. The van der Waals surface area contributed by atoms with Crippen LogP contribution in [-0.2, 0) is 0 Å². The maximum absolute atomic E-state index is 8.83. The standard InChI is InChI=1S/C7H11BrO2/c1-5(9)3-4-7(8)6(2)10/h3-5,9-10H,1-2H3/b4-3-,7-6-/t5-/m1/s1. The van der Waals surface area contributed by atoms with Crippen LogP contribution in [-0.4, -0.2) is 16.3 Å². The van der Waals surface area contributed by atoms with Crippen molar-refractivity contribution in [2.45, 2.75) is 20.0 Å². The van der Waals surface area contributed by atoms with E-state index in [0.29, 0.717) is 4.48 Å². The molecule has 2 N–H and O–H groups in total. The van der Waals surface area contributed by atoms with Gasteiger partial charge in [-0.1, -0.05) is 6.08 Å². The first-order chi connectivity index (χ1) is 4.54. The molecule has 58 valence electrons. The zero-order chi connectivity index (χ0) is 8.15. The molecule has 0 aromatic carbocycles. The van der Waals surface area contributed by atoms with E-state index < -0.39 is 6.10 Å². The highest BCUT2D eigenvalue weighted by Gasteiger charge is 1.91. The van der Waals surface area contributed by atoms with E-state index >= 15 is 0 Å². The summed E-state index contributed by atoms with van der Waals surface area (Å²) in [7, 11) is 0. The highest BCUT2D eigenvalue weighted by atomic mass is 79.9. The largest absolute Gasteiger partial charge is 0.511 e. The molecule has 0 spiro atoms. The number of aliphatic hydroxyl groups excluding tert-OH is 2. The maximum atomic E-state index is 8.83. The average Bonchev–Trinajstić information content (AvgIpc) is 1.82. The Hall–Kier alpha value is -0.280. The van der Waals surface area contributed by atoms with E-state index in [2.05, 4.69) is 15.9 Å². The van der Waals surface area contributed by atoms with Gasteiger partial charge in [-0.3, -0.25) is 0 Å². The van der Waals surface area contributed by atoms with Crippen LogP contribution in [0.3, 0.4) is 0 Å². The normalized spacial score (nSPS) is 17.2. The van der Waals surface area contributed by atoms with Crippen molar-refractivity contribution in [3.63, 3.8) is 0 Å². The van der Waals surface area contributed by atoms with Crippen molar-refractivity contribution >= 4 is 15.9 Å². The molecule has 0 bridgehead atoms. The first-order valence-electron chi connectivity index (χ1n) is 2.95. The second-order valence-electron chi connectivity index (χ2n) is 2.03. The molecule has 0 saturated carbocycles. The summed E-state index contributed by atoms with van der Waals surface area (Å²) in [5.74, 6) is 0.205. The van der Waals surface area contributed by atoms with E-state index in [1.807, 2.05) is 0 Å². The van der Waals surface area contributed by atoms with Crippen molar-refractivity contribution < 1.29 is 10.2 Å². The quantitative estimate of drug-likeness (QED) is 0.537. The molecule has 0 amide bonds. The lowest BCUT2D eigenvalue weighted by Gasteiger charge is -1.94. The fourth-order valence-electron chi connectivity index (χ4n) is 0.344. The zero-order valence-corrected chi connectivity index (χ0v) is 7.59. The lowest BCUT2D eigenvalue weighted by molar-refractivity contribution is 0.244. The molecular weight excluding hydrogens is 196 g/mol. The minimum atomic E-state index is -0.480. The van der Waals surface area contributed by atoms with Gasteiger partial charge in [0.15, 0.2) is 0 Å². The minimum absolute atomic E-state index is 0.205. The molecule has 3 heteroatoms. The van der Waals surface area contributed by atoms with Crippen LogP contribution >= 0.6 is 15.9 Å². The van der Waals surface area contributed by atoms with Crippen LogP contribution in [0.15, 0.2) is 22.4 Å². The van der Waals surface area contributed by atoms with Crippen LogP contribution < -0.4 is 0 Å². The number of allylic oxidation sites excluding steroid dienone is 3. The Labute approximate surface area is 69.0 Å². The van der Waals surface area contributed by atoms with Crippen molar-refractivity contribution in [2.75, 3.05) is 0 Å². The monoisotopic (exact) mass is 206 g/mol.